The molecule has 2 bridgehead atoms. The number of hydrogen-bond acceptors (Lipinski definition) is 3. The highest BCUT2D eigenvalue weighted by molar-refractivity contribution is 5.85. The number of hydrogen-bond donors (Lipinski definition) is 2. The normalized spacial score (nSPS) is 36.0. The van der Waals surface area contributed by atoms with Crippen molar-refractivity contribution in [1.82, 2.24) is 15.5 Å². The van der Waals surface area contributed by atoms with Crippen molar-refractivity contribution in [3.63, 3.8) is 0 Å². The van der Waals surface area contributed by atoms with E-state index in [0.717, 1.165) is 24.8 Å². The molecule has 3 fully saturated rings. The number of nitrogens with zero attached hydrogens (tertiary/aromatic N) is 1. The molecule has 3 aliphatic heterocycles. The second-order valence-electron chi connectivity index (χ2n) is 8.81. The molecule has 0 aliphatic carbocycles. The van der Waals surface area contributed by atoms with E-state index in [1.807, 2.05) is 0 Å². The summed E-state index contributed by atoms with van der Waals surface area (Å²) in [6.45, 7) is 10.2. The van der Waals surface area contributed by atoms with E-state index in [-0.39, 0.29) is 36.8 Å². The van der Waals surface area contributed by atoms with Gasteiger partial charge in [0.25, 0.3) is 0 Å². The predicted octanol–water partition coefficient (Wildman–Crippen LogP) is 3.23. The fourth-order valence-electron chi connectivity index (χ4n) is 5.31. The minimum absolute atomic E-state index is 0. The monoisotopic (exact) mass is 393 g/mol. The maximum absolute atomic E-state index is 12.4. The Labute approximate surface area is 166 Å². The summed E-state index contributed by atoms with van der Waals surface area (Å²) in [5, 5.41) is 6.91. The van der Waals surface area contributed by atoms with Crippen LogP contribution in [0.25, 0.3) is 0 Å². The summed E-state index contributed by atoms with van der Waals surface area (Å²) in [6.07, 6.45) is 7.08. The number of fused-ring (bicyclic) bond motifs is 2. The van der Waals surface area contributed by atoms with Gasteiger partial charge in [-0.1, -0.05) is 13.8 Å². The Bertz CT molecular complexity index is 401. The van der Waals surface area contributed by atoms with E-state index >= 15 is 0 Å². The predicted molar refractivity (Wildman–Crippen MR) is 109 cm³/mol. The first-order chi connectivity index (χ1) is 11.0. The summed E-state index contributed by atoms with van der Waals surface area (Å²) in [4.78, 5) is 14.9. The number of likely N-dealkylation sites (tertiary alicyclic amines) is 1. The van der Waals surface area contributed by atoms with Crippen LogP contribution in [0, 0.1) is 17.8 Å². The van der Waals surface area contributed by atoms with Crippen LogP contribution in [0.5, 0.6) is 0 Å². The van der Waals surface area contributed by atoms with Crippen molar-refractivity contribution in [2.45, 2.75) is 77.4 Å². The van der Waals surface area contributed by atoms with Crippen LogP contribution in [-0.4, -0.2) is 48.6 Å². The van der Waals surface area contributed by atoms with Crippen molar-refractivity contribution < 1.29 is 4.79 Å². The molecule has 1 amide bonds. The molecule has 0 aromatic heterocycles. The fourth-order valence-corrected chi connectivity index (χ4v) is 5.31. The molecular formula is C19H37Cl2N3O. The highest BCUT2D eigenvalue weighted by Crippen LogP contribution is 2.32. The highest BCUT2D eigenvalue weighted by Gasteiger charge is 2.34. The van der Waals surface area contributed by atoms with Crippen molar-refractivity contribution in [2.24, 2.45) is 17.8 Å². The molecule has 0 spiro atoms. The van der Waals surface area contributed by atoms with E-state index in [2.05, 4.69) is 36.3 Å². The second-order valence-corrected chi connectivity index (χ2v) is 8.81. The average Bonchev–Trinajstić information content (AvgIpc) is 2.76. The Morgan fingerprint density at radius 3 is 2.20 bits per heavy atom. The second kappa shape index (κ2) is 10.3. The molecule has 4 nitrogen and oxygen atoms in total. The SMILES string of the molecule is CC1CC(C)CN(CC(C)NC(=O)CC2CC3CCC(C2)N3)C1.Cl.Cl. The smallest absolute Gasteiger partial charge is 0.220 e. The van der Waals surface area contributed by atoms with Gasteiger partial charge < -0.3 is 15.5 Å². The number of piperidine rings is 2. The fraction of sp³-hybridized carbons (Fsp3) is 0.947. The van der Waals surface area contributed by atoms with Gasteiger partial charge in [0, 0.05) is 44.2 Å². The molecule has 25 heavy (non-hydrogen) atoms. The molecule has 3 aliphatic rings. The van der Waals surface area contributed by atoms with Gasteiger partial charge in [-0.3, -0.25) is 4.79 Å². The minimum Gasteiger partial charge on any atom is -0.352 e. The maximum Gasteiger partial charge on any atom is 0.220 e. The van der Waals surface area contributed by atoms with Crippen molar-refractivity contribution in [2.75, 3.05) is 19.6 Å². The largest absolute Gasteiger partial charge is 0.352 e. The van der Waals surface area contributed by atoms with Crippen molar-refractivity contribution in [3.8, 4) is 0 Å². The molecule has 0 radical (unpaired) electrons. The van der Waals surface area contributed by atoms with Gasteiger partial charge in [-0.05, 0) is 56.8 Å². The Kier molecular flexibility index (Phi) is 9.52. The highest BCUT2D eigenvalue weighted by atomic mass is 35.5. The number of carbonyl (C=O) groups excluding carboxylic acids is 1. The van der Waals surface area contributed by atoms with Crippen LogP contribution in [-0.2, 0) is 4.79 Å². The number of carbonyl (C=O) groups is 1. The molecule has 0 saturated carbocycles. The standard InChI is InChI=1S/C19H35N3O.2ClH/c1-13-6-14(2)11-22(10-13)12-15(3)20-19(23)9-16-7-17-4-5-18(8-16)21-17;;/h13-18,21H,4-12H2,1-3H3,(H,20,23);2*1H. The molecule has 0 aromatic rings. The molecule has 2 N–H and O–H groups in total. The lowest BCUT2D eigenvalue weighted by Gasteiger charge is -2.36. The summed E-state index contributed by atoms with van der Waals surface area (Å²) >= 11 is 0. The van der Waals surface area contributed by atoms with Crippen LogP contribution >= 0.6 is 24.8 Å². The summed E-state index contributed by atoms with van der Waals surface area (Å²) in [5.41, 5.74) is 0. The van der Waals surface area contributed by atoms with Crippen LogP contribution in [0.1, 0.15) is 59.3 Å². The molecule has 3 saturated heterocycles. The van der Waals surface area contributed by atoms with Gasteiger partial charge in [0.15, 0.2) is 0 Å². The maximum atomic E-state index is 12.4. The Morgan fingerprint density at radius 1 is 1.08 bits per heavy atom. The van der Waals surface area contributed by atoms with E-state index < -0.39 is 0 Å². The molecule has 5 atom stereocenters. The van der Waals surface area contributed by atoms with Gasteiger partial charge in [-0.25, -0.2) is 0 Å². The van der Waals surface area contributed by atoms with Crippen LogP contribution in [0.4, 0.5) is 0 Å². The van der Waals surface area contributed by atoms with Crippen LogP contribution < -0.4 is 10.6 Å². The zero-order chi connectivity index (χ0) is 16.4. The number of rotatable bonds is 5. The molecule has 0 aromatic carbocycles. The molecule has 3 rings (SSSR count). The summed E-state index contributed by atoms with van der Waals surface area (Å²) in [6, 6.07) is 1.62. The summed E-state index contributed by atoms with van der Waals surface area (Å²) < 4.78 is 0. The quantitative estimate of drug-likeness (QED) is 0.753. The first kappa shape index (κ1) is 23.0. The molecule has 3 heterocycles. The van der Waals surface area contributed by atoms with Crippen molar-refractivity contribution in [1.29, 1.82) is 0 Å². The van der Waals surface area contributed by atoms with E-state index in [1.54, 1.807) is 0 Å². The third-order valence-electron chi connectivity index (χ3n) is 5.93. The van der Waals surface area contributed by atoms with Gasteiger partial charge in [0.1, 0.15) is 0 Å². The molecule has 148 valence electrons. The number of nitrogens with one attached hydrogen (secondary N) is 2. The zero-order valence-electron chi connectivity index (χ0n) is 16.0. The van der Waals surface area contributed by atoms with E-state index in [1.165, 1.54) is 45.2 Å². The average molecular weight is 394 g/mol. The van der Waals surface area contributed by atoms with Crippen molar-refractivity contribution in [3.05, 3.63) is 0 Å². The first-order valence-corrected chi connectivity index (χ1v) is 9.75. The lowest BCUT2D eigenvalue weighted by molar-refractivity contribution is -0.123. The third kappa shape index (κ3) is 6.89. The molecular weight excluding hydrogens is 357 g/mol. The van der Waals surface area contributed by atoms with Crippen LogP contribution in [0.15, 0.2) is 0 Å². The summed E-state index contributed by atoms with van der Waals surface area (Å²) in [5.74, 6) is 2.43. The zero-order valence-corrected chi connectivity index (χ0v) is 17.6. The molecule has 6 heteroatoms. The Morgan fingerprint density at radius 2 is 1.64 bits per heavy atom. The Hall–Kier alpha value is -0.0300. The van der Waals surface area contributed by atoms with Crippen molar-refractivity contribution >= 4 is 30.7 Å². The van der Waals surface area contributed by atoms with Gasteiger partial charge >= 0.3 is 0 Å². The van der Waals surface area contributed by atoms with Crippen LogP contribution in [0.3, 0.4) is 0 Å². The number of halogens is 2. The minimum atomic E-state index is 0. The third-order valence-corrected chi connectivity index (χ3v) is 5.93. The van der Waals surface area contributed by atoms with Crippen LogP contribution in [0.2, 0.25) is 0 Å². The van der Waals surface area contributed by atoms with Gasteiger partial charge in [0.2, 0.25) is 5.91 Å². The van der Waals surface area contributed by atoms with E-state index in [4.69, 9.17) is 0 Å². The lowest BCUT2D eigenvalue weighted by Crippen LogP contribution is -2.47. The first-order valence-electron chi connectivity index (χ1n) is 9.75. The van der Waals surface area contributed by atoms with Gasteiger partial charge in [0.05, 0.1) is 0 Å². The van der Waals surface area contributed by atoms with Gasteiger partial charge in [-0.15, -0.1) is 24.8 Å². The van der Waals surface area contributed by atoms with Gasteiger partial charge in [-0.2, -0.15) is 0 Å². The topological polar surface area (TPSA) is 44.4 Å². The summed E-state index contributed by atoms with van der Waals surface area (Å²) in [7, 11) is 0. The van der Waals surface area contributed by atoms with E-state index in [0.29, 0.717) is 18.0 Å². The lowest BCUT2D eigenvalue weighted by atomic mass is 9.89. The Balaban J connectivity index is 0.00000156. The number of amides is 1. The molecule has 5 unspecified atom stereocenters. The van der Waals surface area contributed by atoms with E-state index in [9.17, 15) is 4.79 Å².